The molecule has 8 nitrogen and oxygen atoms in total. The number of fused-ring (bicyclic) bond motifs is 1. The molecule has 4 rings (SSSR count). The lowest BCUT2D eigenvalue weighted by atomic mass is 9.90. The molecule has 2 heterocycles. The molecule has 2 aromatic carbocycles. The summed E-state index contributed by atoms with van der Waals surface area (Å²) in [5.74, 6) is -0.805. The van der Waals surface area contributed by atoms with Gasteiger partial charge in [0, 0.05) is 0 Å². The van der Waals surface area contributed by atoms with Crippen LogP contribution in [0.2, 0.25) is 0 Å². The summed E-state index contributed by atoms with van der Waals surface area (Å²) in [5.41, 5.74) is 1.15. The summed E-state index contributed by atoms with van der Waals surface area (Å²) in [4.78, 5) is 0. The average molecular weight is 507 g/mol. The fourth-order valence-electron chi connectivity index (χ4n) is 4.55. The molecular weight excluding hydrogens is 472 g/mol. The maximum atomic E-state index is 11.4. The van der Waals surface area contributed by atoms with Crippen LogP contribution < -0.4 is 0 Å². The molecule has 2 fully saturated rings. The molecule has 0 spiro atoms. The Kier molecular flexibility index (Phi) is 8.27. The molecule has 0 saturated carbocycles. The van der Waals surface area contributed by atoms with Gasteiger partial charge in [0.15, 0.2) is 12.1 Å². The van der Waals surface area contributed by atoms with E-state index in [0.717, 1.165) is 17.4 Å². The van der Waals surface area contributed by atoms with Gasteiger partial charge in [-0.3, -0.25) is 4.18 Å². The van der Waals surface area contributed by atoms with Gasteiger partial charge in [-0.25, -0.2) is 0 Å². The molecule has 0 aliphatic carbocycles. The van der Waals surface area contributed by atoms with Crippen LogP contribution >= 0.6 is 0 Å². The van der Waals surface area contributed by atoms with E-state index in [2.05, 4.69) is 0 Å². The lowest BCUT2D eigenvalue weighted by Gasteiger charge is -2.36. The standard InChI is InChI=1S/C26H34O8S/c1-25(2)32-22-23(30-18-21-13-8-5-9-14-21)26(34-24(22)33-25,15-10-16-31-35(3,27)28)19-29-17-20-11-6-4-7-12-20/h4-9,11-14,22-24H,10,15-19H2,1-3H3/t22-,23+,24+,26-/m1/s1. The second-order valence-corrected chi connectivity index (χ2v) is 11.1. The third kappa shape index (κ3) is 7.10. The highest BCUT2D eigenvalue weighted by Gasteiger charge is 2.62. The van der Waals surface area contributed by atoms with Crippen LogP contribution in [-0.2, 0) is 51.2 Å². The third-order valence-electron chi connectivity index (χ3n) is 6.03. The van der Waals surface area contributed by atoms with Crippen molar-refractivity contribution in [3.05, 3.63) is 71.8 Å². The van der Waals surface area contributed by atoms with E-state index in [1.165, 1.54) is 0 Å². The van der Waals surface area contributed by atoms with E-state index in [1.54, 1.807) is 0 Å². The van der Waals surface area contributed by atoms with Gasteiger partial charge in [-0.2, -0.15) is 8.42 Å². The van der Waals surface area contributed by atoms with Crippen molar-refractivity contribution in [3.8, 4) is 0 Å². The van der Waals surface area contributed by atoms with Crippen LogP contribution in [0.1, 0.15) is 37.8 Å². The Labute approximate surface area is 207 Å². The lowest BCUT2D eigenvalue weighted by molar-refractivity contribution is -0.256. The summed E-state index contributed by atoms with van der Waals surface area (Å²) in [5, 5.41) is 0. The van der Waals surface area contributed by atoms with Gasteiger partial charge in [0.1, 0.15) is 17.8 Å². The van der Waals surface area contributed by atoms with Crippen molar-refractivity contribution in [2.75, 3.05) is 19.5 Å². The first-order valence-electron chi connectivity index (χ1n) is 11.8. The molecule has 0 bridgehead atoms. The molecule has 0 unspecified atom stereocenters. The zero-order valence-electron chi connectivity index (χ0n) is 20.4. The van der Waals surface area contributed by atoms with Crippen molar-refractivity contribution >= 4 is 10.1 Å². The number of benzene rings is 2. The Hall–Kier alpha value is -1.85. The zero-order valence-corrected chi connectivity index (χ0v) is 21.2. The van der Waals surface area contributed by atoms with Gasteiger partial charge in [0.25, 0.3) is 10.1 Å². The average Bonchev–Trinajstić information content (AvgIpc) is 3.24. The molecule has 2 aliphatic heterocycles. The Morgan fingerprint density at radius 2 is 1.51 bits per heavy atom. The predicted molar refractivity (Wildman–Crippen MR) is 129 cm³/mol. The maximum absolute atomic E-state index is 11.4. The normalized spacial score (nSPS) is 27.7. The predicted octanol–water partition coefficient (Wildman–Crippen LogP) is 3.79. The Morgan fingerprint density at radius 3 is 2.14 bits per heavy atom. The van der Waals surface area contributed by atoms with Crippen LogP contribution in [0, 0.1) is 0 Å². The van der Waals surface area contributed by atoms with Crippen LogP contribution in [0.5, 0.6) is 0 Å². The Morgan fingerprint density at radius 1 is 0.886 bits per heavy atom. The fraction of sp³-hybridized carbons (Fsp3) is 0.538. The molecular formula is C26H34O8S. The topological polar surface area (TPSA) is 89.5 Å². The molecule has 4 atom stereocenters. The van der Waals surface area contributed by atoms with Crippen LogP contribution in [-0.4, -0.2) is 57.8 Å². The molecule has 9 heteroatoms. The molecule has 0 amide bonds. The fourth-order valence-corrected chi connectivity index (χ4v) is 4.97. The van der Waals surface area contributed by atoms with E-state index in [1.807, 2.05) is 74.5 Å². The monoisotopic (exact) mass is 506 g/mol. The van der Waals surface area contributed by atoms with Gasteiger partial charge < -0.3 is 23.7 Å². The molecule has 192 valence electrons. The van der Waals surface area contributed by atoms with E-state index in [9.17, 15) is 8.42 Å². The SMILES string of the molecule is CC1(C)O[C@H]2O[C@](CCCOS(C)(=O)=O)(COCc3ccccc3)[C@@H](OCc3ccccc3)[C@H]2O1. The van der Waals surface area contributed by atoms with Crippen LogP contribution in [0.15, 0.2) is 60.7 Å². The highest BCUT2D eigenvalue weighted by atomic mass is 32.2. The minimum atomic E-state index is -3.54. The number of hydrogen-bond acceptors (Lipinski definition) is 8. The Bertz CT molecular complexity index is 1040. The number of ether oxygens (including phenoxy) is 5. The van der Waals surface area contributed by atoms with Crippen molar-refractivity contribution in [1.82, 2.24) is 0 Å². The van der Waals surface area contributed by atoms with Crippen molar-refractivity contribution in [2.24, 2.45) is 0 Å². The molecule has 0 aromatic heterocycles. The Balaban J connectivity index is 1.53. The second kappa shape index (κ2) is 11.0. The van der Waals surface area contributed by atoms with Gasteiger partial charge in [0.2, 0.25) is 0 Å². The first kappa shape index (κ1) is 26.2. The summed E-state index contributed by atoms with van der Waals surface area (Å²) in [7, 11) is -3.54. The van der Waals surface area contributed by atoms with Gasteiger partial charge in [0.05, 0.1) is 32.7 Å². The summed E-state index contributed by atoms with van der Waals surface area (Å²) >= 11 is 0. The van der Waals surface area contributed by atoms with Gasteiger partial charge >= 0.3 is 0 Å². The van der Waals surface area contributed by atoms with E-state index in [0.29, 0.717) is 26.1 Å². The highest BCUT2D eigenvalue weighted by Crippen LogP contribution is 2.46. The minimum absolute atomic E-state index is 0.0383. The lowest BCUT2D eigenvalue weighted by Crippen LogP contribution is -2.50. The number of rotatable bonds is 12. The summed E-state index contributed by atoms with van der Waals surface area (Å²) < 4.78 is 59.1. The molecule has 35 heavy (non-hydrogen) atoms. The molecule has 0 N–H and O–H groups in total. The van der Waals surface area contributed by atoms with Gasteiger partial charge in [-0.15, -0.1) is 0 Å². The number of hydrogen-bond donors (Lipinski definition) is 0. The third-order valence-corrected chi connectivity index (χ3v) is 6.62. The summed E-state index contributed by atoms with van der Waals surface area (Å²) in [6, 6.07) is 19.7. The van der Waals surface area contributed by atoms with E-state index in [-0.39, 0.29) is 13.2 Å². The van der Waals surface area contributed by atoms with Gasteiger partial charge in [-0.05, 0) is 37.8 Å². The molecule has 2 aromatic rings. The van der Waals surface area contributed by atoms with Crippen molar-refractivity contribution in [2.45, 2.75) is 69.8 Å². The first-order chi connectivity index (χ1) is 16.7. The zero-order chi connectivity index (χ0) is 24.9. The highest BCUT2D eigenvalue weighted by molar-refractivity contribution is 7.85. The molecule has 2 aliphatic rings. The molecule has 2 saturated heterocycles. The maximum Gasteiger partial charge on any atom is 0.264 e. The van der Waals surface area contributed by atoms with Gasteiger partial charge in [-0.1, -0.05) is 60.7 Å². The quantitative estimate of drug-likeness (QED) is 0.317. The largest absolute Gasteiger partial charge is 0.374 e. The summed E-state index contributed by atoms with van der Waals surface area (Å²) in [6.07, 6.45) is 0.333. The smallest absolute Gasteiger partial charge is 0.264 e. The molecule has 0 radical (unpaired) electrons. The second-order valence-electron chi connectivity index (χ2n) is 9.48. The first-order valence-corrected chi connectivity index (χ1v) is 13.6. The van der Waals surface area contributed by atoms with Crippen LogP contribution in [0.4, 0.5) is 0 Å². The van der Waals surface area contributed by atoms with Crippen LogP contribution in [0.3, 0.4) is 0 Å². The van der Waals surface area contributed by atoms with E-state index < -0.39 is 40.0 Å². The summed E-state index contributed by atoms with van der Waals surface area (Å²) in [6.45, 7) is 4.71. The van der Waals surface area contributed by atoms with Crippen LogP contribution in [0.25, 0.3) is 0 Å². The van der Waals surface area contributed by atoms with E-state index in [4.69, 9.17) is 27.9 Å². The van der Waals surface area contributed by atoms with E-state index >= 15 is 0 Å². The van der Waals surface area contributed by atoms with Crippen molar-refractivity contribution in [1.29, 1.82) is 0 Å². The minimum Gasteiger partial charge on any atom is -0.374 e. The van der Waals surface area contributed by atoms with Crippen molar-refractivity contribution < 1.29 is 36.3 Å². The van der Waals surface area contributed by atoms with Crippen molar-refractivity contribution in [3.63, 3.8) is 0 Å².